The van der Waals surface area contributed by atoms with E-state index in [9.17, 15) is 9.59 Å². The number of carbonyl (C=O) groups excluding carboxylic acids is 1. The topological polar surface area (TPSA) is 79.3 Å². The van der Waals surface area contributed by atoms with Crippen molar-refractivity contribution in [2.24, 2.45) is 5.92 Å². The number of carbonyl (C=O) groups is 2. The lowest BCUT2D eigenvalue weighted by molar-refractivity contribution is -0.139. The summed E-state index contributed by atoms with van der Waals surface area (Å²) in [5.41, 5.74) is 0.384. The fourth-order valence-electron chi connectivity index (χ4n) is 1.53. The van der Waals surface area contributed by atoms with Gasteiger partial charge in [0.25, 0.3) is 5.91 Å². The Bertz CT molecular complexity index is 401. The highest BCUT2D eigenvalue weighted by Crippen LogP contribution is 2.32. The van der Waals surface area contributed by atoms with Crippen LogP contribution in [0.15, 0.2) is 24.5 Å². The van der Waals surface area contributed by atoms with Crippen molar-refractivity contribution in [1.29, 1.82) is 0 Å². The molecule has 5 heteroatoms. The van der Waals surface area contributed by atoms with Crippen molar-refractivity contribution in [2.45, 2.75) is 18.9 Å². The minimum Gasteiger partial charge on any atom is -0.480 e. The molecule has 2 N–H and O–H groups in total. The van der Waals surface area contributed by atoms with Crippen molar-refractivity contribution < 1.29 is 14.7 Å². The standard InChI is InChI=1S/C11H12N2O3/c14-10(8-2-1-5-12-6-8)13-9(11(15)16)7-3-4-7/h1-2,5-7,9H,3-4H2,(H,13,14)(H,15,16). The summed E-state index contributed by atoms with van der Waals surface area (Å²) in [4.78, 5) is 26.4. The van der Waals surface area contributed by atoms with Crippen LogP contribution in [0.1, 0.15) is 23.2 Å². The van der Waals surface area contributed by atoms with Gasteiger partial charge < -0.3 is 10.4 Å². The van der Waals surface area contributed by atoms with Crippen LogP contribution >= 0.6 is 0 Å². The van der Waals surface area contributed by atoms with E-state index < -0.39 is 12.0 Å². The van der Waals surface area contributed by atoms with Crippen LogP contribution < -0.4 is 5.32 Å². The first-order valence-corrected chi connectivity index (χ1v) is 5.12. The Morgan fingerprint density at radius 2 is 2.25 bits per heavy atom. The van der Waals surface area contributed by atoms with Crippen LogP contribution in [0.4, 0.5) is 0 Å². The molecule has 1 saturated carbocycles. The summed E-state index contributed by atoms with van der Waals surface area (Å²) in [5, 5.41) is 11.5. The molecule has 84 valence electrons. The molecule has 1 aromatic rings. The van der Waals surface area contributed by atoms with Crippen LogP contribution in [0, 0.1) is 5.92 Å². The molecule has 1 amide bonds. The van der Waals surface area contributed by atoms with Crippen molar-refractivity contribution in [3.05, 3.63) is 30.1 Å². The average Bonchev–Trinajstić information content (AvgIpc) is 3.10. The Kier molecular flexibility index (Phi) is 2.85. The second kappa shape index (κ2) is 4.30. The molecule has 16 heavy (non-hydrogen) atoms. The van der Waals surface area contributed by atoms with E-state index in [1.165, 1.54) is 6.20 Å². The number of carboxylic acids is 1. The van der Waals surface area contributed by atoms with Gasteiger partial charge in [0.15, 0.2) is 0 Å². The molecule has 1 atom stereocenters. The Labute approximate surface area is 92.5 Å². The van der Waals surface area contributed by atoms with Crippen LogP contribution in [-0.2, 0) is 4.79 Å². The van der Waals surface area contributed by atoms with E-state index >= 15 is 0 Å². The molecular weight excluding hydrogens is 208 g/mol. The third-order valence-electron chi connectivity index (χ3n) is 2.57. The van der Waals surface area contributed by atoms with E-state index in [0.29, 0.717) is 5.56 Å². The quantitative estimate of drug-likeness (QED) is 0.781. The number of hydrogen-bond donors (Lipinski definition) is 2. The molecule has 0 spiro atoms. The van der Waals surface area contributed by atoms with E-state index in [1.807, 2.05) is 0 Å². The van der Waals surface area contributed by atoms with Crippen molar-refractivity contribution in [2.75, 3.05) is 0 Å². The number of rotatable bonds is 4. The van der Waals surface area contributed by atoms with Crippen molar-refractivity contribution in [1.82, 2.24) is 10.3 Å². The first-order valence-electron chi connectivity index (χ1n) is 5.12. The van der Waals surface area contributed by atoms with E-state index in [1.54, 1.807) is 18.3 Å². The number of aromatic nitrogens is 1. The predicted molar refractivity (Wildman–Crippen MR) is 55.9 cm³/mol. The number of nitrogens with one attached hydrogen (secondary N) is 1. The lowest BCUT2D eigenvalue weighted by Crippen LogP contribution is -2.42. The summed E-state index contributed by atoms with van der Waals surface area (Å²) in [7, 11) is 0. The molecular formula is C11H12N2O3. The van der Waals surface area contributed by atoms with Gasteiger partial charge in [-0.3, -0.25) is 9.78 Å². The molecule has 1 unspecified atom stereocenters. The molecule has 0 bridgehead atoms. The largest absolute Gasteiger partial charge is 0.480 e. The number of carboxylic acid groups (broad SMARTS) is 1. The Morgan fingerprint density at radius 3 is 2.75 bits per heavy atom. The third kappa shape index (κ3) is 2.36. The maximum atomic E-state index is 11.7. The van der Waals surface area contributed by atoms with Crippen LogP contribution in [0.5, 0.6) is 0 Å². The zero-order valence-corrected chi connectivity index (χ0v) is 8.59. The van der Waals surface area contributed by atoms with Gasteiger partial charge in [-0.25, -0.2) is 4.79 Å². The van der Waals surface area contributed by atoms with E-state index in [4.69, 9.17) is 5.11 Å². The summed E-state index contributed by atoms with van der Waals surface area (Å²) >= 11 is 0. The monoisotopic (exact) mass is 220 g/mol. The zero-order chi connectivity index (χ0) is 11.5. The zero-order valence-electron chi connectivity index (χ0n) is 8.59. The molecule has 1 aromatic heterocycles. The van der Waals surface area contributed by atoms with E-state index in [2.05, 4.69) is 10.3 Å². The number of amides is 1. The molecule has 1 aliphatic carbocycles. The van der Waals surface area contributed by atoms with Gasteiger partial charge >= 0.3 is 5.97 Å². The summed E-state index contributed by atoms with van der Waals surface area (Å²) in [5.74, 6) is -1.27. The second-order valence-corrected chi connectivity index (χ2v) is 3.87. The number of pyridine rings is 1. The summed E-state index contributed by atoms with van der Waals surface area (Å²) in [6.45, 7) is 0. The van der Waals surface area contributed by atoms with Crippen molar-refractivity contribution in [3.63, 3.8) is 0 Å². The van der Waals surface area contributed by atoms with Crippen LogP contribution in [0.25, 0.3) is 0 Å². The highest BCUT2D eigenvalue weighted by Gasteiger charge is 2.37. The van der Waals surface area contributed by atoms with Gasteiger partial charge in [-0.2, -0.15) is 0 Å². The molecule has 1 fully saturated rings. The molecule has 0 aliphatic heterocycles. The first-order chi connectivity index (χ1) is 7.68. The molecule has 2 rings (SSSR count). The predicted octanol–water partition coefficient (Wildman–Crippen LogP) is 0.675. The van der Waals surface area contributed by atoms with Gasteiger partial charge in [0, 0.05) is 12.4 Å². The Balaban J connectivity index is 2.03. The molecule has 0 saturated heterocycles. The maximum Gasteiger partial charge on any atom is 0.326 e. The maximum absolute atomic E-state index is 11.7. The van der Waals surface area contributed by atoms with Crippen LogP contribution in [-0.4, -0.2) is 28.0 Å². The van der Waals surface area contributed by atoms with Gasteiger partial charge in [0.05, 0.1) is 5.56 Å². The number of aliphatic carboxylic acids is 1. The third-order valence-corrected chi connectivity index (χ3v) is 2.57. The lowest BCUT2D eigenvalue weighted by atomic mass is 10.1. The van der Waals surface area contributed by atoms with Gasteiger partial charge in [0.1, 0.15) is 6.04 Å². The highest BCUT2D eigenvalue weighted by atomic mass is 16.4. The Hall–Kier alpha value is -1.91. The van der Waals surface area contributed by atoms with Crippen LogP contribution in [0.2, 0.25) is 0 Å². The fourth-order valence-corrected chi connectivity index (χ4v) is 1.53. The fraction of sp³-hybridized carbons (Fsp3) is 0.364. The van der Waals surface area contributed by atoms with Crippen LogP contribution in [0.3, 0.4) is 0 Å². The summed E-state index contributed by atoms with van der Waals surface area (Å²) in [6, 6.07) is 2.48. The molecule has 5 nitrogen and oxygen atoms in total. The highest BCUT2D eigenvalue weighted by molar-refractivity contribution is 5.96. The minimum atomic E-state index is -0.972. The Morgan fingerprint density at radius 1 is 1.50 bits per heavy atom. The van der Waals surface area contributed by atoms with Crippen molar-refractivity contribution >= 4 is 11.9 Å². The van der Waals surface area contributed by atoms with Gasteiger partial charge in [-0.05, 0) is 30.9 Å². The van der Waals surface area contributed by atoms with Gasteiger partial charge in [-0.1, -0.05) is 0 Å². The SMILES string of the molecule is O=C(NC(C(=O)O)C1CC1)c1cccnc1. The second-order valence-electron chi connectivity index (χ2n) is 3.87. The normalized spacial score (nSPS) is 16.5. The molecule has 0 radical (unpaired) electrons. The van der Waals surface area contributed by atoms with E-state index in [-0.39, 0.29) is 11.8 Å². The number of nitrogens with zero attached hydrogens (tertiary/aromatic N) is 1. The van der Waals surface area contributed by atoms with Crippen molar-refractivity contribution in [3.8, 4) is 0 Å². The lowest BCUT2D eigenvalue weighted by Gasteiger charge is -2.13. The minimum absolute atomic E-state index is 0.0816. The number of hydrogen-bond acceptors (Lipinski definition) is 3. The van der Waals surface area contributed by atoms with Gasteiger partial charge in [-0.15, -0.1) is 0 Å². The molecule has 0 aromatic carbocycles. The summed E-state index contributed by atoms with van der Waals surface area (Å²) < 4.78 is 0. The smallest absolute Gasteiger partial charge is 0.326 e. The van der Waals surface area contributed by atoms with Gasteiger partial charge in [0.2, 0.25) is 0 Å². The first kappa shape index (κ1) is 10.6. The van der Waals surface area contributed by atoms with E-state index in [0.717, 1.165) is 12.8 Å². The average molecular weight is 220 g/mol. The molecule has 1 heterocycles. The summed E-state index contributed by atoms with van der Waals surface area (Å²) in [6.07, 6.45) is 4.71. The molecule has 1 aliphatic rings.